The van der Waals surface area contributed by atoms with Gasteiger partial charge in [0.25, 0.3) is 10.0 Å². The maximum atomic E-state index is 12.8. The highest BCUT2D eigenvalue weighted by Gasteiger charge is 2.34. The van der Waals surface area contributed by atoms with Crippen molar-refractivity contribution < 1.29 is 13.2 Å². The number of fused-ring (bicyclic) bond motifs is 1. The first-order valence-electron chi connectivity index (χ1n) is 9.19. The van der Waals surface area contributed by atoms with Gasteiger partial charge in [-0.1, -0.05) is 29.0 Å². The quantitative estimate of drug-likeness (QED) is 0.602. The average Bonchev–Trinajstić information content (AvgIpc) is 3.31. The lowest BCUT2D eigenvalue weighted by Crippen LogP contribution is -2.43. The lowest BCUT2D eigenvalue weighted by Gasteiger charge is -2.30. The molecule has 29 heavy (non-hydrogen) atoms. The Bertz CT molecular complexity index is 1190. The van der Waals surface area contributed by atoms with E-state index in [0.29, 0.717) is 28.9 Å². The van der Waals surface area contributed by atoms with Crippen molar-refractivity contribution in [3.05, 3.63) is 39.7 Å². The molecule has 2 aromatic heterocycles. The fourth-order valence-electron chi connectivity index (χ4n) is 3.43. The summed E-state index contributed by atoms with van der Waals surface area (Å²) in [5.41, 5.74) is 3.15. The predicted octanol–water partition coefficient (Wildman–Crippen LogP) is 4.67. The number of piperidine rings is 1. The van der Waals surface area contributed by atoms with Gasteiger partial charge in [-0.2, -0.15) is 4.31 Å². The maximum absolute atomic E-state index is 12.8. The fourth-order valence-corrected chi connectivity index (χ4v) is 7.51. The molecule has 0 saturated carbocycles. The summed E-state index contributed by atoms with van der Waals surface area (Å²) in [6, 6.07) is 7.13. The summed E-state index contributed by atoms with van der Waals surface area (Å²) in [4.78, 5) is 17.4. The molecule has 1 atom stereocenters. The zero-order valence-electron chi connectivity index (χ0n) is 15.9. The number of thiazole rings is 1. The van der Waals surface area contributed by atoms with Crippen LogP contribution in [0.15, 0.2) is 28.5 Å². The summed E-state index contributed by atoms with van der Waals surface area (Å²) in [6.07, 6.45) is 1.28. The van der Waals surface area contributed by atoms with Gasteiger partial charge in [0.1, 0.15) is 4.21 Å². The molecule has 1 aromatic carbocycles. The Hall–Kier alpha value is -1.52. The molecule has 1 N–H and O–H groups in total. The minimum atomic E-state index is -3.64. The Morgan fingerprint density at radius 1 is 1.24 bits per heavy atom. The first-order chi connectivity index (χ1) is 13.8. The van der Waals surface area contributed by atoms with E-state index >= 15 is 0 Å². The largest absolute Gasteiger partial charge is 0.302 e. The second kappa shape index (κ2) is 7.96. The van der Waals surface area contributed by atoms with Crippen LogP contribution in [0.5, 0.6) is 0 Å². The first kappa shape index (κ1) is 20.7. The molecule has 1 saturated heterocycles. The molecule has 0 spiro atoms. The lowest BCUT2D eigenvalue weighted by molar-refractivity contribution is -0.120. The number of nitrogens with one attached hydrogen (secondary N) is 1. The number of hydrogen-bond donors (Lipinski definition) is 1. The van der Waals surface area contributed by atoms with E-state index < -0.39 is 15.9 Å². The SMILES string of the molecule is Cc1ccc2sc(NC(=O)C3CCCN(S(=O)(=O)c4ccc(Cl)s4)C3)nc2c1C. The predicted molar refractivity (Wildman–Crippen MR) is 119 cm³/mol. The Morgan fingerprint density at radius 2 is 2.03 bits per heavy atom. The van der Waals surface area contributed by atoms with Gasteiger partial charge in [0.2, 0.25) is 5.91 Å². The molecule has 0 bridgehead atoms. The highest BCUT2D eigenvalue weighted by molar-refractivity contribution is 7.91. The topological polar surface area (TPSA) is 79.4 Å². The minimum Gasteiger partial charge on any atom is -0.302 e. The van der Waals surface area contributed by atoms with E-state index in [-0.39, 0.29) is 16.7 Å². The van der Waals surface area contributed by atoms with Crippen LogP contribution >= 0.6 is 34.3 Å². The second-order valence-corrected chi connectivity index (χ2v) is 12.0. The molecule has 10 heteroatoms. The van der Waals surface area contributed by atoms with Crippen molar-refractivity contribution in [2.24, 2.45) is 5.92 Å². The van der Waals surface area contributed by atoms with Crippen LogP contribution in [0.3, 0.4) is 0 Å². The summed E-state index contributed by atoms with van der Waals surface area (Å²) < 4.78 is 28.7. The molecule has 1 amide bonds. The Kier molecular flexibility index (Phi) is 5.69. The van der Waals surface area contributed by atoms with Crippen LogP contribution in [0.25, 0.3) is 10.2 Å². The number of aromatic nitrogens is 1. The van der Waals surface area contributed by atoms with Crippen molar-refractivity contribution in [1.82, 2.24) is 9.29 Å². The summed E-state index contributed by atoms with van der Waals surface area (Å²) in [5, 5.41) is 3.44. The second-order valence-electron chi connectivity index (χ2n) is 7.12. The van der Waals surface area contributed by atoms with Crippen molar-refractivity contribution in [3.63, 3.8) is 0 Å². The Balaban J connectivity index is 1.50. The molecule has 3 aromatic rings. The van der Waals surface area contributed by atoms with Crippen molar-refractivity contribution in [2.75, 3.05) is 18.4 Å². The normalized spacial score (nSPS) is 18.2. The number of sulfonamides is 1. The number of carbonyl (C=O) groups excluding carboxylic acids is 1. The van der Waals surface area contributed by atoms with Gasteiger partial charge in [-0.25, -0.2) is 13.4 Å². The number of aryl methyl sites for hydroxylation is 2. The van der Waals surface area contributed by atoms with Gasteiger partial charge >= 0.3 is 0 Å². The van der Waals surface area contributed by atoms with E-state index in [4.69, 9.17) is 11.6 Å². The Labute approximate surface area is 182 Å². The monoisotopic (exact) mass is 469 g/mol. The highest BCUT2D eigenvalue weighted by Crippen LogP contribution is 2.32. The van der Waals surface area contributed by atoms with E-state index in [2.05, 4.69) is 10.3 Å². The van der Waals surface area contributed by atoms with Gasteiger partial charge in [0.15, 0.2) is 5.13 Å². The molecular formula is C19H20ClN3O3S3. The number of halogens is 1. The zero-order chi connectivity index (χ0) is 20.8. The van der Waals surface area contributed by atoms with Gasteiger partial charge < -0.3 is 5.32 Å². The molecule has 1 aliphatic heterocycles. The number of thiophene rings is 1. The van der Waals surface area contributed by atoms with Crippen LogP contribution in [-0.2, 0) is 14.8 Å². The number of rotatable bonds is 4. The molecule has 1 unspecified atom stereocenters. The summed E-state index contributed by atoms with van der Waals surface area (Å²) in [5.74, 6) is -0.605. The molecular weight excluding hydrogens is 450 g/mol. The molecule has 0 radical (unpaired) electrons. The van der Waals surface area contributed by atoms with Gasteiger partial charge in [-0.15, -0.1) is 11.3 Å². The van der Waals surface area contributed by atoms with Gasteiger partial charge in [-0.3, -0.25) is 4.79 Å². The standard InChI is InChI=1S/C19H20ClN3O3S3/c1-11-5-6-14-17(12(11)2)21-19(27-14)22-18(24)13-4-3-9-23(10-13)29(25,26)16-8-7-15(20)28-16/h5-8,13H,3-4,9-10H2,1-2H3,(H,21,22,24). The number of nitrogens with zero attached hydrogens (tertiary/aromatic N) is 2. The van der Waals surface area contributed by atoms with E-state index in [9.17, 15) is 13.2 Å². The molecule has 1 fully saturated rings. The van der Waals surface area contributed by atoms with E-state index in [1.165, 1.54) is 21.7 Å². The van der Waals surface area contributed by atoms with Crippen molar-refractivity contribution in [1.29, 1.82) is 0 Å². The smallest absolute Gasteiger partial charge is 0.252 e. The zero-order valence-corrected chi connectivity index (χ0v) is 19.1. The summed E-state index contributed by atoms with van der Waals surface area (Å²) in [7, 11) is -3.64. The molecule has 4 rings (SSSR count). The highest BCUT2D eigenvalue weighted by atomic mass is 35.5. The fraction of sp³-hybridized carbons (Fsp3) is 0.368. The van der Waals surface area contributed by atoms with Crippen LogP contribution in [0.4, 0.5) is 5.13 Å². The third-order valence-corrected chi connectivity index (χ3v) is 9.71. The van der Waals surface area contributed by atoms with Crippen molar-refractivity contribution in [2.45, 2.75) is 30.9 Å². The average molecular weight is 470 g/mol. The minimum absolute atomic E-state index is 0.159. The van der Waals surface area contributed by atoms with Crippen LogP contribution < -0.4 is 5.32 Å². The maximum Gasteiger partial charge on any atom is 0.252 e. The number of carbonyl (C=O) groups is 1. The van der Waals surface area contributed by atoms with Gasteiger partial charge in [-0.05, 0) is 56.0 Å². The van der Waals surface area contributed by atoms with Crippen LogP contribution in [0.2, 0.25) is 4.34 Å². The first-order valence-corrected chi connectivity index (χ1v) is 12.6. The molecule has 154 valence electrons. The number of hydrogen-bond acceptors (Lipinski definition) is 6. The lowest BCUT2D eigenvalue weighted by atomic mass is 9.99. The number of benzene rings is 1. The Morgan fingerprint density at radius 3 is 2.76 bits per heavy atom. The molecule has 1 aliphatic rings. The van der Waals surface area contributed by atoms with Crippen molar-refractivity contribution in [3.8, 4) is 0 Å². The van der Waals surface area contributed by atoms with Gasteiger partial charge in [0.05, 0.1) is 20.5 Å². The van der Waals surface area contributed by atoms with E-state index in [1.807, 2.05) is 26.0 Å². The molecule has 6 nitrogen and oxygen atoms in total. The van der Waals surface area contributed by atoms with Crippen LogP contribution in [0.1, 0.15) is 24.0 Å². The third kappa shape index (κ3) is 4.06. The van der Waals surface area contributed by atoms with Crippen LogP contribution in [-0.4, -0.2) is 36.7 Å². The van der Waals surface area contributed by atoms with E-state index in [1.54, 1.807) is 6.07 Å². The third-order valence-electron chi connectivity index (χ3n) is 5.21. The van der Waals surface area contributed by atoms with Crippen molar-refractivity contribution >= 4 is 65.6 Å². The molecule has 3 heterocycles. The number of amides is 1. The summed E-state index contributed by atoms with van der Waals surface area (Å²) in [6.45, 7) is 4.61. The molecule has 0 aliphatic carbocycles. The number of anilines is 1. The summed E-state index contributed by atoms with van der Waals surface area (Å²) >= 11 is 8.36. The van der Waals surface area contributed by atoms with E-state index in [0.717, 1.165) is 32.7 Å². The van der Waals surface area contributed by atoms with Gasteiger partial charge in [0, 0.05) is 13.1 Å². The van der Waals surface area contributed by atoms with Crippen LogP contribution in [0, 0.1) is 19.8 Å².